The summed E-state index contributed by atoms with van der Waals surface area (Å²) in [4.78, 5) is 4.13. The van der Waals surface area contributed by atoms with Gasteiger partial charge in [0.05, 0.1) is 5.01 Å². The van der Waals surface area contributed by atoms with Gasteiger partial charge in [-0.2, -0.15) is 0 Å². The van der Waals surface area contributed by atoms with Crippen molar-refractivity contribution in [3.63, 3.8) is 0 Å². The molecule has 1 aromatic rings. The molecular formula is C5H7IN2S. The summed E-state index contributed by atoms with van der Waals surface area (Å²) < 4.78 is 3.04. The fraction of sp³-hybridized carbons (Fsp3) is 0.400. The predicted octanol–water partition coefficient (Wildman–Crippen LogP) is 1.63. The van der Waals surface area contributed by atoms with E-state index in [0.717, 1.165) is 13.0 Å². The molecule has 1 aromatic heterocycles. The van der Waals surface area contributed by atoms with Gasteiger partial charge in [0.1, 0.15) is 0 Å². The Morgan fingerprint density at radius 3 is 3.22 bits per heavy atom. The Morgan fingerprint density at radius 1 is 1.78 bits per heavy atom. The molecule has 0 radical (unpaired) electrons. The molecule has 50 valence electrons. The van der Waals surface area contributed by atoms with Crippen LogP contribution in [0.2, 0.25) is 0 Å². The van der Waals surface area contributed by atoms with E-state index >= 15 is 0 Å². The van der Waals surface area contributed by atoms with E-state index in [1.54, 1.807) is 11.3 Å². The van der Waals surface area contributed by atoms with E-state index in [-0.39, 0.29) is 0 Å². The van der Waals surface area contributed by atoms with Gasteiger partial charge in [-0.1, -0.05) is 0 Å². The van der Waals surface area contributed by atoms with Crippen molar-refractivity contribution in [1.29, 1.82) is 0 Å². The first-order chi connectivity index (χ1) is 4.43. The van der Waals surface area contributed by atoms with Crippen LogP contribution in [0.25, 0.3) is 0 Å². The summed E-state index contributed by atoms with van der Waals surface area (Å²) in [6, 6.07) is 0. The standard InChI is InChI=1S/C5H7IN2S/c6-8-2-1-5-7-3-4-9-5/h3-4,8H,1-2H2. The maximum Gasteiger partial charge on any atom is 0.0937 e. The number of nitrogens with one attached hydrogen (secondary N) is 1. The third-order valence-electron chi connectivity index (χ3n) is 0.917. The van der Waals surface area contributed by atoms with Crippen LogP contribution in [0, 0.1) is 0 Å². The predicted molar refractivity (Wildman–Crippen MR) is 47.8 cm³/mol. The second-order valence-corrected chi connectivity index (χ2v) is 3.30. The zero-order chi connectivity index (χ0) is 6.53. The van der Waals surface area contributed by atoms with Crippen LogP contribution in [-0.4, -0.2) is 11.5 Å². The quantitative estimate of drug-likeness (QED) is 0.655. The number of hydrogen-bond donors (Lipinski definition) is 1. The largest absolute Gasteiger partial charge is 0.261 e. The van der Waals surface area contributed by atoms with Crippen LogP contribution in [0.5, 0.6) is 0 Å². The van der Waals surface area contributed by atoms with E-state index in [0.29, 0.717) is 0 Å². The minimum atomic E-state index is 1.01. The third-order valence-corrected chi connectivity index (χ3v) is 2.30. The Balaban J connectivity index is 2.30. The van der Waals surface area contributed by atoms with E-state index < -0.39 is 0 Å². The summed E-state index contributed by atoms with van der Waals surface area (Å²) in [5.74, 6) is 0. The average Bonchev–Trinajstić information content (AvgIpc) is 2.34. The highest BCUT2D eigenvalue weighted by atomic mass is 127. The summed E-state index contributed by atoms with van der Waals surface area (Å²) in [6.07, 6.45) is 2.88. The first-order valence-corrected chi connectivity index (χ1v) is 4.61. The van der Waals surface area contributed by atoms with E-state index in [1.165, 1.54) is 5.01 Å². The number of nitrogens with zero attached hydrogens (tertiary/aromatic N) is 1. The third kappa shape index (κ3) is 2.59. The molecule has 1 heterocycles. The Hall–Kier alpha value is 0.320. The van der Waals surface area contributed by atoms with Crippen LogP contribution in [0.3, 0.4) is 0 Å². The van der Waals surface area contributed by atoms with Gasteiger partial charge in [-0.05, 0) is 0 Å². The summed E-state index contributed by atoms with van der Waals surface area (Å²) in [6.45, 7) is 1.01. The van der Waals surface area contributed by atoms with Crippen molar-refractivity contribution in [2.75, 3.05) is 6.54 Å². The van der Waals surface area contributed by atoms with E-state index in [9.17, 15) is 0 Å². The van der Waals surface area contributed by atoms with Gasteiger partial charge < -0.3 is 0 Å². The number of aromatic nitrogens is 1. The van der Waals surface area contributed by atoms with Crippen molar-refractivity contribution >= 4 is 34.2 Å². The molecule has 0 aromatic carbocycles. The van der Waals surface area contributed by atoms with Crippen molar-refractivity contribution in [3.05, 3.63) is 16.6 Å². The van der Waals surface area contributed by atoms with Crippen LogP contribution in [-0.2, 0) is 6.42 Å². The molecule has 0 unspecified atom stereocenters. The Kier molecular flexibility index (Phi) is 3.45. The fourth-order valence-electron chi connectivity index (χ4n) is 0.531. The zero-order valence-electron chi connectivity index (χ0n) is 4.80. The molecule has 0 fully saturated rings. The molecule has 0 spiro atoms. The lowest BCUT2D eigenvalue weighted by Gasteiger charge is -1.90. The van der Waals surface area contributed by atoms with E-state index in [1.807, 2.05) is 11.6 Å². The first kappa shape index (κ1) is 7.43. The summed E-state index contributed by atoms with van der Waals surface area (Å²) in [7, 11) is 0. The van der Waals surface area contributed by atoms with E-state index in [2.05, 4.69) is 31.4 Å². The van der Waals surface area contributed by atoms with Gasteiger partial charge in [-0.25, -0.2) is 4.98 Å². The van der Waals surface area contributed by atoms with Crippen molar-refractivity contribution in [3.8, 4) is 0 Å². The van der Waals surface area contributed by atoms with Crippen LogP contribution in [0.4, 0.5) is 0 Å². The summed E-state index contributed by atoms with van der Waals surface area (Å²) in [5.41, 5.74) is 0. The highest BCUT2D eigenvalue weighted by molar-refractivity contribution is 14.1. The molecule has 0 atom stereocenters. The van der Waals surface area contributed by atoms with Gasteiger partial charge in [-0.3, -0.25) is 3.53 Å². The molecule has 0 saturated carbocycles. The zero-order valence-corrected chi connectivity index (χ0v) is 7.78. The van der Waals surface area contributed by atoms with Crippen molar-refractivity contribution in [2.24, 2.45) is 0 Å². The van der Waals surface area contributed by atoms with Crippen LogP contribution >= 0.6 is 34.2 Å². The highest BCUT2D eigenvalue weighted by Crippen LogP contribution is 2.03. The Morgan fingerprint density at radius 2 is 2.67 bits per heavy atom. The van der Waals surface area contributed by atoms with Crippen molar-refractivity contribution < 1.29 is 0 Å². The van der Waals surface area contributed by atoms with Crippen LogP contribution in [0.1, 0.15) is 5.01 Å². The maximum absolute atomic E-state index is 4.13. The summed E-state index contributed by atoms with van der Waals surface area (Å²) in [5, 5.41) is 3.21. The van der Waals surface area contributed by atoms with E-state index in [4.69, 9.17) is 0 Å². The topological polar surface area (TPSA) is 24.9 Å². The van der Waals surface area contributed by atoms with Gasteiger partial charge >= 0.3 is 0 Å². The van der Waals surface area contributed by atoms with Crippen LogP contribution < -0.4 is 3.53 Å². The molecule has 0 aliphatic carbocycles. The molecule has 9 heavy (non-hydrogen) atoms. The molecule has 4 heteroatoms. The number of thiazole rings is 1. The smallest absolute Gasteiger partial charge is 0.0937 e. The molecular weight excluding hydrogens is 247 g/mol. The van der Waals surface area contributed by atoms with Gasteiger partial charge in [0.2, 0.25) is 0 Å². The monoisotopic (exact) mass is 254 g/mol. The highest BCUT2D eigenvalue weighted by Gasteiger charge is 1.91. The number of rotatable bonds is 3. The number of hydrogen-bond acceptors (Lipinski definition) is 3. The summed E-state index contributed by atoms with van der Waals surface area (Å²) >= 11 is 3.85. The van der Waals surface area contributed by atoms with Gasteiger partial charge in [0.25, 0.3) is 0 Å². The lowest BCUT2D eigenvalue weighted by Crippen LogP contribution is -2.02. The molecule has 1 N–H and O–H groups in total. The Labute approximate surface area is 72.2 Å². The molecule has 0 saturated heterocycles. The molecule has 2 nitrogen and oxygen atoms in total. The van der Waals surface area contributed by atoms with Gasteiger partial charge in [0.15, 0.2) is 0 Å². The normalized spacial score (nSPS) is 9.89. The lowest BCUT2D eigenvalue weighted by molar-refractivity contribution is 0.920. The van der Waals surface area contributed by atoms with Crippen molar-refractivity contribution in [1.82, 2.24) is 8.51 Å². The Bertz CT molecular complexity index is 152. The second kappa shape index (κ2) is 4.19. The maximum atomic E-state index is 4.13. The molecule has 1 rings (SSSR count). The number of halogens is 1. The SMILES string of the molecule is INCCc1nccs1. The minimum Gasteiger partial charge on any atom is -0.261 e. The van der Waals surface area contributed by atoms with Gasteiger partial charge in [-0.15, -0.1) is 11.3 Å². The molecule has 0 aliphatic rings. The fourth-order valence-corrected chi connectivity index (χ4v) is 1.42. The van der Waals surface area contributed by atoms with Crippen molar-refractivity contribution in [2.45, 2.75) is 6.42 Å². The first-order valence-electron chi connectivity index (χ1n) is 2.65. The molecule has 0 bridgehead atoms. The second-order valence-electron chi connectivity index (χ2n) is 1.56. The lowest BCUT2D eigenvalue weighted by atomic mass is 10.5. The molecule has 0 aliphatic heterocycles. The van der Waals surface area contributed by atoms with Gasteiger partial charge in [0, 0.05) is 47.4 Å². The average molecular weight is 254 g/mol. The van der Waals surface area contributed by atoms with Crippen LogP contribution in [0.15, 0.2) is 11.6 Å². The molecule has 0 amide bonds. The minimum absolute atomic E-state index is 1.01.